The summed E-state index contributed by atoms with van der Waals surface area (Å²) in [6, 6.07) is 1.79. The molecule has 3 N–H and O–H groups in total. The molecule has 0 saturated carbocycles. The first-order chi connectivity index (χ1) is 9.20. The molecule has 0 aliphatic rings. The van der Waals surface area contributed by atoms with E-state index in [0.29, 0.717) is 22.2 Å². The summed E-state index contributed by atoms with van der Waals surface area (Å²) in [5, 5.41) is 8.16. The number of nitrogens with one attached hydrogen (secondary N) is 1. The topological polar surface area (TPSA) is 94.0 Å². The Morgan fingerprint density at radius 3 is 3.16 bits per heavy atom. The molecule has 6 nitrogen and oxygen atoms in total. The number of amides is 1. The average molecular weight is 276 g/mol. The van der Waals surface area contributed by atoms with Crippen molar-refractivity contribution >= 4 is 17.2 Å². The summed E-state index contributed by atoms with van der Waals surface area (Å²) in [6.07, 6.45) is 0. The Morgan fingerprint density at radius 2 is 2.47 bits per heavy atom. The van der Waals surface area contributed by atoms with Crippen LogP contribution in [0.15, 0.2) is 16.0 Å². The van der Waals surface area contributed by atoms with Crippen LogP contribution in [0.25, 0.3) is 0 Å². The third-order valence-corrected chi connectivity index (χ3v) is 3.08. The first-order valence-electron chi connectivity index (χ1n) is 5.54. The highest BCUT2D eigenvalue weighted by atomic mass is 32.1. The van der Waals surface area contributed by atoms with Gasteiger partial charge in [-0.15, -0.1) is 11.3 Å². The molecular weight excluding hydrogens is 264 g/mol. The summed E-state index contributed by atoms with van der Waals surface area (Å²) >= 11 is 1.33. The van der Waals surface area contributed by atoms with Gasteiger partial charge < -0.3 is 15.6 Å². The number of nitrogens with two attached hydrogens (primary N) is 1. The van der Waals surface area contributed by atoms with Gasteiger partial charge >= 0.3 is 0 Å². The number of carbonyl (C=O) groups excluding carboxylic acids is 1. The van der Waals surface area contributed by atoms with Crippen LogP contribution in [0.2, 0.25) is 0 Å². The molecule has 0 saturated heterocycles. The molecule has 0 radical (unpaired) electrons. The Bertz CT molecular complexity index is 635. The van der Waals surface area contributed by atoms with Crippen molar-refractivity contribution in [2.45, 2.75) is 13.5 Å². The fourth-order valence-corrected chi connectivity index (χ4v) is 2.14. The first-order valence-corrected chi connectivity index (χ1v) is 6.42. The average Bonchev–Trinajstić information content (AvgIpc) is 3.02. The second-order valence-corrected chi connectivity index (χ2v) is 4.50. The molecular formula is C12H12N4O2S. The van der Waals surface area contributed by atoms with Crippen LogP contribution in [0.1, 0.15) is 27.0 Å². The summed E-state index contributed by atoms with van der Waals surface area (Å²) in [5.74, 6) is 6.28. The van der Waals surface area contributed by atoms with E-state index in [1.807, 2.05) is 5.38 Å². The number of hydrogen-bond acceptors (Lipinski definition) is 6. The molecule has 0 bridgehead atoms. The maximum atomic E-state index is 12.0. The van der Waals surface area contributed by atoms with Gasteiger partial charge in [-0.2, -0.15) is 4.98 Å². The lowest BCUT2D eigenvalue weighted by molar-refractivity contribution is 0.0950. The van der Waals surface area contributed by atoms with Crippen LogP contribution in [0, 0.1) is 18.8 Å². The predicted molar refractivity (Wildman–Crippen MR) is 70.5 cm³/mol. The van der Waals surface area contributed by atoms with Crippen LogP contribution in [-0.4, -0.2) is 22.6 Å². The Kier molecular flexibility index (Phi) is 4.28. The number of carbonyl (C=O) groups is 1. The highest BCUT2D eigenvalue weighted by Crippen LogP contribution is 2.15. The van der Waals surface area contributed by atoms with Gasteiger partial charge in [0, 0.05) is 5.56 Å². The Hall–Kier alpha value is -2.17. The van der Waals surface area contributed by atoms with Crippen LogP contribution in [0.4, 0.5) is 0 Å². The summed E-state index contributed by atoms with van der Waals surface area (Å²) in [7, 11) is 0. The van der Waals surface area contributed by atoms with E-state index in [4.69, 9.17) is 10.3 Å². The van der Waals surface area contributed by atoms with E-state index in [1.54, 1.807) is 13.0 Å². The zero-order valence-electron chi connectivity index (χ0n) is 10.3. The third-order valence-electron chi connectivity index (χ3n) is 2.17. The van der Waals surface area contributed by atoms with Crippen molar-refractivity contribution < 1.29 is 9.32 Å². The van der Waals surface area contributed by atoms with E-state index < -0.39 is 0 Å². The lowest BCUT2D eigenvalue weighted by atomic mass is 10.2. The fourth-order valence-electron chi connectivity index (χ4n) is 1.38. The smallest absolute Gasteiger partial charge is 0.263 e. The summed E-state index contributed by atoms with van der Waals surface area (Å²) in [6.45, 7) is 2.17. The molecule has 0 fully saturated rings. The Labute approximate surface area is 114 Å². The van der Waals surface area contributed by atoms with Crippen molar-refractivity contribution in [3.8, 4) is 11.8 Å². The lowest BCUT2D eigenvalue weighted by Gasteiger charge is -2.00. The molecule has 19 heavy (non-hydrogen) atoms. The fraction of sp³-hybridized carbons (Fsp3) is 0.250. The highest BCUT2D eigenvalue weighted by Gasteiger charge is 2.13. The van der Waals surface area contributed by atoms with Gasteiger partial charge in [0.2, 0.25) is 5.89 Å². The van der Waals surface area contributed by atoms with Gasteiger partial charge in [0.1, 0.15) is 4.88 Å². The third kappa shape index (κ3) is 3.40. The molecule has 2 aromatic rings. The van der Waals surface area contributed by atoms with Crippen molar-refractivity contribution in [1.82, 2.24) is 15.5 Å². The van der Waals surface area contributed by atoms with Gasteiger partial charge in [0.15, 0.2) is 5.82 Å². The van der Waals surface area contributed by atoms with Crippen LogP contribution >= 0.6 is 11.3 Å². The standard InChI is InChI=1S/C12H12N4O2S/c1-8-15-10(18-16-8)7-14-12(17)11-9(3-2-5-13)4-6-19-11/h4,6H,5,7,13H2,1H3,(H,14,17). The van der Waals surface area contributed by atoms with Gasteiger partial charge in [0.25, 0.3) is 5.91 Å². The number of thiophene rings is 1. The van der Waals surface area contributed by atoms with Crippen LogP contribution in [0.3, 0.4) is 0 Å². The van der Waals surface area contributed by atoms with Crippen LogP contribution in [-0.2, 0) is 6.54 Å². The number of nitrogens with zero attached hydrogens (tertiary/aromatic N) is 2. The lowest BCUT2D eigenvalue weighted by Crippen LogP contribution is -2.22. The maximum absolute atomic E-state index is 12.0. The van der Waals surface area contributed by atoms with Gasteiger partial charge in [-0.1, -0.05) is 17.0 Å². The molecule has 2 rings (SSSR count). The summed E-state index contributed by atoms with van der Waals surface area (Å²) in [4.78, 5) is 16.5. The van der Waals surface area contributed by atoms with Crippen LogP contribution in [0.5, 0.6) is 0 Å². The molecule has 1 amide bonds. The van der Waals surface area contributed by atoms with Gasteiger partial charge in [-0.3, -0.25) is 4.79 Å². The first kappa shape index (κ1) is 13.3. The minimum Gasteiger partial charge on any atom is -0.342 e. The van der Waals surface area contributed by atoms with Gasteiger partial charge in [0.05, 0.1) is 13.1 Å². The van der Waals surface area contributed by atoms with Gasteiger partial charge in [-0.05, 0) is 18.4 Å². The zero-order chi connectivity index (χ0) is 13.7. The molecule has 2 heterocycles. The second kappa shape index (κ2) is 6.13. The molecule has 98 valence electrons. The van der Waals surface area contributed by atoms with Crippen molar-refractivity contribution in [2.24, 2.45) is 5.73 Å². The van der Waals surface area contributed by atoms with Gasteiger partial charge in [-0.25, -0.2) is 0 Å². The molecule has 0 spiro atoms. The predicted octanol–water partition coefficient (Wildman–Crippen LogP) is 0.680. The number of rotatable bonds is 3. The summed E-state index contributed by atoms with van der Waals surface area (Å²) < 4.78 is 4.91. The number of hydrogen-bond donors (Lipinski definition) is 2. The van der Waals surface area contributed by atoms with Crippen LogP contribution < -0.4 is 11.1 Å². The molecule has 0 aliphatic carbocycles. The van der Waals surface area contributed by atoms with Crippen molar-refractivity contribution in [2.75, 3.05) is 6.54 Å². The Balaban J connectivity index is 2.02. The minimum absolute atomic E-state index is 0.196. The van der Waals surface area contributed by atoms with E-state index in [9.17, 15) is 4.79 Å². The molecule has 2 aromatic heterocycles. The number of aromatic nitrogens is 2. The Morgan fingerprint density at radius 1 is 1.63 bits per heavy atom. The monoisotopic (exact) mass is 276 g/mol. The maximum Gasteiger partial charge on any atom is 0.263 e. The summed E-state index contributed by atoms with van der Waals surface area (Å²) in [5.41, 5.74) is 5.99. The van der Waals surface area contributed by atoms with Crippen molar-refractivity contribution in [3.63, 3.8) is 0 Å². The molecule has 7 heteroatoms. The van der Waals surface area contributed by atoms with Crippen molar-refractivity contribution in [1.29, 1.82) is 0 Å². The largest absolute Gasteiger partial charge is 0.342 e. The SMILES string of the molecule is Cc1noc(CNC(=O)c2sccc2C#CCN)n1. The second-order valence-electron chi connectivity index (χ2n) is 3.59. The van der Waals surface area contributed by atoms with E-state index in [2.05, 4.69) is 27.3 Å². The molecule has 0 aliphatic heterocycles. The molecule has 0 aromatic carbocycles. The number of aryl methyl sites for hydroxylation is 1. The van der Waals surface area contributed by atoms with E-state index >= 15 is 0 Å². The minimum atomic E-state index is -0.216. The van der Waals surface area contributed by atoms with E-state index in [1.165, 1.54) is 11.3 Å². The quantitative estimate of drug-likeness (QED) is 0.804. The highest BCUT2D eigenvalue weighted by molar-refractivity contribution is 7.12. The molecule has 0 atom stereocenters. The van der Waals surface area contributed by atoms with Crippen molar-refractivity contribution in [3.05, 3.63) is 33.6 Å². The van der Waals surface area contributed by atoms with E-state index in [0.717, 1.165) is 0 Å². The normalized spacial score (nSPS) is 9.79. The zero-order valence-corrected chi connectivity index (χ0v) is 11.1. The van der Waals surface area contributed by atoms with E-state index in [-0.39, 0.29) is 19.0 Å². The molecule has 0 unspecified atom stereocenters.